The van der Waals surface area contributed by atoms with Crippen LogP contribution < -0.4 is 20.1 Å². The normalized spacial score (nSPS) is 10.1. The van der Waals surface area contributed by atoms with Crippen LogP contribution in [0.1, 0.15) is 20.7 Å². The smallest absolute Gasteiger partial charge is 0.259 e. The van der Waals surface area contributed by atoms with Crippen LogP contribution in [0.15, 0.2) is 65.5 Å². The predicted octanol–water partition coefficient (Wildman–Crippen LogP) is 3.80. The minimum atomic E-state index is -0.465. The van der Waals surface area contributed by atoms with Crippen molar-refractivity contribution in [1.82, 2.24) is 0 Å². The van der Waals surface area contributed by atoms with E-state index in [1.54, 1.807) is 48.5 Å². The fourth-order valence-corrected chi connectivity index (χ4v) is 2.45. The van der Waals surface area contributed by atoms with Crippen LogP contribution in [0.5, 0.6) is 11.5 Å². The molecular formula is C20H18N2O5. The summed E-state index contributed by atoms with van der Waals surface area (Å²) in [5, 5.41) is 5.43. The lowest BCUT2D eigenvalue weighted by Gasteiger charge is -2.08. The highest BCUT2D eigenvalue weighted by Gasteiger charge is 2.20. The van der Waals surface area contributed by atoms with Crippen molar-refractivity contribution in [2.75, 3.05) is 24.9 Å². The van der Waals surface area contributed by atoms with Gasteiger partial charge in [0.25, 0.3) is 11.8 Å². The topological polar surface area (TPSA) is 89.8 Å². The summed E-state index contributed by atoms with van der Waals surface area (Å²) < 4.78 is 15.3. The van der Waals surface area contributed by atoms with Gasteiger partial charge in [0, 0.05) is 23.5 Å². The summed E-state index contributed by atoms with van der Waals surface area (Å²) in [6.45, 7) is 0. The summed E-state index contributed by atoms with van der Waals surface area (Å²) in [5.41, 5.74) is 1.33. The van der Waals surface area contributed by atoms with Gasteiger partial charge in [-0.3, -0.25) is 9.59 Å². The average molecular weight is 366 g/mol. The monoisotopic (exact) mass is 366 g/mol. The molecule has 1 heterocycles. The number of carbonyl (C=O) groups excluding carboxylic acids is 2. The molecule has 2 amide bonds. The Bertz CT molecular complexity index is 888. The number of benzene rings is 2. The van der Waals surface area contributed by atoms with Gasteiger partial charge in [0.2, 0.25) is 0 Å². The fraction of sp³-hybridized carbons (Fsp3) is 0.100. The lowest BCUT2D eigenvalue weighted by Crippen LogP contribution is -2.18. The average Bonchev–Trinajstić information content (AvgIpc) is 3.18. The van der Waals surface area contributed by atoms with Gasteiger partial charge >= 0.3 is 0 Å². The highest BCUT2D eigenvalue weighted by molar-refractivity contribution is 6.15. The molecule has 0 spiro atoms. The highest BCUT2D eigenvalue weighted by Crippen LogP contribution is 2.21. The van der Waals surface area contributed by atoms with Gasteiger partial charge in [-0.15, -0.1) is 0 Å². The van der Waals surface area contributed by atoms with Gasteiger partial charge in [-0.2, -0.15) is 0 Å². The van der Waals surface area contributed by atoms with E-state index >= 15 is 0 Å². The number of furan rings is 1. The maximum absolute atomic E-state index is 12.5. The molecule has 0 saturated carbocycles. The Morgan fingerprint density at radius 2 is 1.22 bits per heavy atom. The summed E-state index contributed by atoms with van der Waals surface area (Å²) in [7, 11) is 3.08. The van der Waals surface area contributed by atoms with E-state index in [4.69, 9.17) is 13.9 Å². The Morgan fingerprint density at radius 1 is 0.778 bits per heavy atom. The molecule has 7 nitrogen and oxygen atoms in total. The van der Waals surface area contributed by atoms with Crippen LogP contribution >= 0.6 is 0 Å². The number of anilines is 2. The van der Waals surface area contributed by atoms with Crippen LogP contribution in [0.25, 0.3) is 0 Å². The van der Waals surface area contributed by atoms with Gasteiger partial charge in [-0.05, 0) is 24.3 Å². The molecule has 0 saturated heterocycles. The molecule has 0 atom stereocenters. The first-order valence-corrected chi connectivity index (χ1v) is 8.07. The van der Waals surface area contributed by atoms with E-state index in [0.29, 0.717) is 22.9 Å². The van der Waals surface area contributed by atoms with Crippen molar-refractivity contribution < 1.29 is 23.5 Å². The summed E-state index contributed by atoms with van der Waals surface area (Å²) in [6, 6.07) is 13.8. The van der Waals surface area contributed by atoms with Crippen molar-refractivity contribution in [3.8, 4) is 11.5 Å². The van der Waals surface area contributed by atoms with Gasteiger partial charge in [0.05, 0.1) is 25.3 Å². The first-order chi connectivity index (χ1) is 13.1. The molecule has 1 aromatic heterocycles. The number of hydrogen-bond acceptors (Lipinski definition) is 5. The number of methoxy groups -OCH3 is 2. The first-order valence-electron chi connectivity index (χ1n) is 8.07. The van der Waals surface area contributed by atoms with Crippen molar-refractivity contribution in [3.63, 3.8) is 0 Å². The van der Waals surface area contributed by atoms with Crippen molar-refractivity contribution in [1.29, 1.82) is 0 Å². The number of ether oxygens (including phenoxy) is 2. The van der Waals surface area contributed by atoms with E-state index in [2.05, 4.69) is 10.6 Å². The Morgan fingerprint density at radius 3 is 1.63 bits per heavy atom. The van der Waals surface area contributed by atoms with E-state index in [0.717, 1.165) is 0 Å². The summed E-state index contributed by atoms with van der Waals surface area (Å²) in [5.74, 6) is 0.285. The van der Waals surface area contributed by atoms with Gasteiger partial charge in [-0.1, -0.05) is 12.1 Å². The van der Waals surface area contributed by atoms with Crippen molar-refractivity contribution in [2.45, 2.75) is 0 Å². The standard InChI is InChI=1S/C20H18N2O5/c1-25-15-7-3-5-13(9-15)21-19(23)17-11-27-12-18(17)20(24)22-14-6-4-8-16(10-14)26-2/h3-12H,1-2H3,(H,21,23)(H,22,24). The quantitative estimate of drug-likeness (QED) is 0.692. The zero-order chi connectivity index (χ0) is 19.2. The number of carbonyl (C=O) groups is 2. The van der Waals surface area contributed by atoms with E-state index in [1.165, 1.54) is 26.7 Å². The Balaban J connectivity index is 1.76. The Labute approximate surface area is 155 Å². The summed E-state index contributed by atoms with van der Waals surface area (Å²) >= 11 is 0. The van der Waals surface area contributed by atoms with Crippen LogP contribution in [0.2, 0.25) is 0 Å². The summed E-state index contributed by atoms with van der Waals surface area (Å²) in [6.07, 6.45) is 2.46. The largest absolute Gasteiger partial charge is 0.497 e. The number of nitrogens with one attached hydrogen (secondary N) is 2. The molecule has 0 fully saturated rings. The molecule has 2 aromatic carbocycles. The number of amides is 2. The SMILES string of the molecule is COc1cccc(NC(=O)c2cocc2C(=O)Nc2cccc(OC)c2)c1. The van der Waals surface area contributed by atoms with Crippen LogP contribution in [0.4, 0.5) is 11.4 Å². The molecule has 0 bridgehead atoms. The maximum Gasteiger partial charge on any atom is 0.259 e. The zero-order valence-electron chi connectivity index (χ0n) is 14.8. The van der Waals surface area contributed by atoms with Gasteiger partial charge in [0.15, 0.2) is 0 Å². The third-order valence-electron chi connectivity index (χ3n) is 3.81. The molecule has 0 aliphatic rings. The van der Waals surface area contributed by atoms with Crippen LogP contribution in [-0.4, -0.2) is 26.0 Å². The molecule has 0 radical (unpaired) electrons. The van der Waals surface area contributed by atoms with Crippen LogP contribution in [0.3, 0.4) is 0 Å². The second-order valence-corrected chi connectivity index (χ2v) is 5.57. The lowest BCUT2D eigenvalue weighted by atomic mass is 10.1. The minimum Gasteiger partial charge on any atom is -0.497 e. The van der Waals surface area contributed by atoms with Crippen LogP contribution in [0, 0.1) is 0 Å². The molecule has 0 aliphatic heterocycles. The van der Waals surface area contributed by atoms with Gasteiger partial charge < -0.3 is 24.5 Å². The molecule has 27 heavy (non-hydrogen) atoms. The van der Waals surface area contributed by atoms with Crippen LogP contribution in [-0.2, 0) is 0 Å². The number of rotatable bonds is 6. The minimum absolute atomic E-state index is 0.123. The van der Waals surface area contributed by atoms with Gasteiger partial charge in [0.1, 0.15) is 24.0 Å². The molecular weight excluding hydrogens is 348 g/mol. The van der Waals surface area contributed by atoms with E-state index < -0.39 is 11.8 Å². The predicted molar refractivity (Wildman–Crippen MR) is 101 cm³/mol. The molecule has 0 unspecified atom stereocenters. The Hall–Kier alpha value is -3.74. The van der Waals surface area contributed by atoms with E-state index in [-0.39, 0.29) is 11.1 Å². The van der Waals surface area contributed by atoms with Gasteiger partial charge in [-0.25, -0.2) is 0 Å². The maximum atomic E-state index is 12.5. The molecule has 2 N–H and O–H groups in total. The fourth-order valence-electron chi connectivity index (χ4n) is 2.45. The molecule has 3 aromatic rings. The summed E-state index contributed by atoms with van der Waals surface area (Å²) in [4.78, 5) is 25.1. The van der Waals surface area contributed by atoms with E-state index in [9.17, 15) is 9.59 Å². The Kier molecular flexibility index (Phi) is 5.41. The van der Waals surface area contributed by atoms with Crippen molar-refractivity contribution in [3.05, 3.63) is 72.2 Å². The van der Waals surface area contributed by atoms with Crippen molar-refractivity contribution >= 4 is 23.2 Å². The third kappa shape index (κ3) is 4.27. The second-order valence-electron chi connectivity index (χ2n) is 5.57. The first kappa shape index (κ1) is 18.1. The van der Waals surface area contributed by atoms with E-state index in [1.807, 2.05) is 0 Å². The molecule has 138 valence electrons. The third-order valence-corrected chi connectivity index (χ3v) is 3.81. The zero-order valence-corrected chi connectivity index (χ0v) is 14.8. The lowest BCUT2D eigenvalue weighted by molar-refractivity contribution is 0.0991. The molecule has 3 rings (SSSR count). The molecule has 0 aliphatic carbocycles. The number of hydrogen-bond donors (Lipinski definition) is 2. The highest BCUT2D eigenvalue weighted by atomic mass is 16.5. The van der Waals surface area contributed by atoms with Crippen molar-refractivity contribution in [2.24, 2.45) is 0 Å². The second kappa shape index (κ2) is 8.09. The molecule has 7 heteroatoms.